The molecule has 154 valence electrons. The molecule has 0 radical (unpaired) electrons. The second-order valence-corrected chi connectivity index (χ2v) is 7.67. The highest BCUT2D eigenvalue weighted by Gasteiger charge is 2.25. The van der Waals surface area contributed by atoms with Gasteiger partial charge in [0.2, 0.25) is 5.78 Å². The monoisotopic (exact) mass is 405 g/mol. The molecule has 2 heterocycles. The SMILES string of the molecule is Cc1cc(C)cc(C(=O)c2c(C(C)C)c(=O)[nH]c(=O)n2Cc2ccnc(C=O)c2)c1. The van der Waals surface area contributed by atoms with E-state index in [9.17, 15) is 19.2 Å². The fourth-order valence-corrected chi connectivity index (χ4v) is 3.60. The molecule has 0 bridgehead atoms. The number of nitrogens with zero attached hydrogens (tertiary/aromatic N) is 2. The van der Waals surface area contributed by atoms with Gasteiger partial charge in [0.25, 0.3) is 5.56 Å². The largest absolute Gasteiger partial charge is 0.329 e. The first kappa shape index (κ1) is 21.1. The zero-order valence-electron chi connectivity index (χ0n) is 17.4. The first-order chi connectivity index (χ1) is 14.2. The summed E-state index contributed by atoms with van der Waals surface area (Å²) >= 11 is 0. The van der Waals surface area contributed by atoms with Crippen molar-refractivity contribution in [2.45, 2.75) is 40.2 Å². The van der Waals surface area contributed by atoms with E-state index in [0.717, 1.165) is 11.1 Å². The van der Waals surface area contributed by atoms with Crippen LogP contribution in [0.2, 0.25) is 0 Å². The maximum Gasteiger partial charge on any atom is 0.329 e. The van der Waals surface area contributed by atoms with Crippen molar-refractivity contribution in [2.24, 2.45) is 0 Å². The Balaban J connectivity index is 2.27. The maximum absolute atomic E-state index is 13.5. The van der Waals surface area contributed by atoms with Crippen LogP contribution in [0.5, 0.6) is 0 Å². The summed E-state index contributed by atoms with van der Waals surface area (Å²) in [6.07, 6.45) is 2.07. The van der Waals surface area contributed by atoms with E-state index >= 15 is 0 Å². The van der Waals surface area contributed by atoms with Gasteiger partial charge in [-0.15, -0.1) is 0 Å². The number of aromatic amines is 1. The average molecular weight is 405 g/mol. The minimum atomic E-state index is -0.679. The zero-order chi connectivity index (χ0) is 22.0. The van der Waals surface area contributed by atoms with Crippen LogP contribution in [0.4, 0.5) is 0 Å². The Morgan fingerprint density at radius 3 is 2.40 bits per heavy atom. The fraction of sp³-hybridized carbons (Fsp3) is 0.261. The summed E-state index contributed by atoms with van der Waals surface area (Å²) in [5.74, 6) is -0.674. The second kappa shape index (κ2) is 8.41. The molecule has 3 aromatic rings. The van der Waals surface area contributed by atoms with Gasteiger partial charge >= 0.3 is 5.69 Å². The molecule has 7 nitrogen and oxygen atoms in total. The zero-order valence-corrected chi connectivity index (χ0v) is 17.4. The van der Waals surface area contributed by atoms with E-state index in [2.05, 4.69) is 9.97 Å². The third-order valence-electron chi connectivity index (χ3n) is 4.82. The molecule has 0 unspecified atom stereocenters. The lowest BCUT2D eigenvalue weighted by Gasteiger charge is -2.18. The van der Waals surface area contributed by atoms with Gasteiger partial charge in [-0.05, 0) is 49.6 Å². The number of pyridine rings is 1. The molecule has 1 aromatic carbocycles. The van der Waals surface area contributed by atoms with Gasteiger partial charge in [0.15, 0.2) is 6.29 Å². The first-order valence-corrected chi connectivity index (χ1v) is 9.61. The Kier molecular flexibility index (Phi) is 5.91. The number of benzene rings is 1. The van der Waals surface area contributed by atoms with E-state index in [4.69, 9.17) is 0 Å². The Morgan fingerprint density at radius 2 is 1.80 bits per heavy atom. The Morgan fingerprint density at radius 1 is 1.13 bits per heavy atom. The maximum atomic E-state index is 13.5. The van der Waals surface area contributed by atoms with Crippen molar-refractivity contribution < 1.29 is 9.59 Å². The summed E-state index contributed by atoms with van der Waals surface area (Å²) in [6, 6.07) is 8.64. The molecule has 0 spiro atoms. The van der Waals surface area contributed by atoms with E-state index in [-0.39, 0.29) is 29.4 Å². The van der Waals surface area contributed by atoms with Gasteiger partial charge < -0.3 is 0 Å². The number of aldehydes is 1. The molecule has 0 fully saturated rings. The highest BCUT2D eigenvalue weighted by molar-refractivity contribution is 6.09. The average Bonchev–Trinajstić information content (AvgIpc) is 2.68. The van der Waals surface area contributed by atoms with E-state index in [1.54, 1.807) is 38.1 Å². The molecule has 0 atom stereocenters. The number of ketones is 1. The first-order valence-electron chi connectivity index (χ1n) is 9.61. The topological polar surface area (TPSA) is 102 Å². The van der Waals surface area contributed by atoms with E-state index in [1.165, 1.54) is 10.8 Å². The van der Waals surface area contributed by atoms with Crippen molar-refractivity contribution in [1.82, 2.24) is 14.5 Å². The van der Waals surface area contributed by atoms with Gasteiger partial charge in [-0.1, -0.05) is 31.0 Å². The molecule has 7 heteroatoms. The van der Waals surface area contributed by atoms with Crippen molar-refractivity contribution in [3.8, 4) is 0 Å². The molecule has 0 aliphatic heterocycles. The number of nitrogens with one attached hydrogen (secondary N) is 1. The van der Waals surface area contributed by atoms with Gasteiger partial charge in [-0.3, -0.25) is 28.9 Å². The number of H-pyrrole nitrogens is 1. The van der Waals surface area contributed by atoms with E-state index in [0.29, 0.717) is 17.4 Å². The predicted octanol–water partition coefficient (Wildman–Crippen LogP) is 2.76. The van der Waals surface area contributed by atoms with Crippen LogP contribution in [0.15, 0.2) is 46.1 Å². The van der Waals surface area contributed by atoms with Crippen LogP contribution in [0.3, 0.4) is 0 Å². The van der Waals surface area contributed by atoms with Crippen molar-refractivity contribution in [3.63, 3.8) is 0 Å². The third kappa shape index (κ3) is 4.20. The Labute approximate surface area is 173 Å². The normalized spacial score (nSPS) is 11.0. The van der Waals surface area contributed by atoms with Gasteiger partial charge in [-0.25, -0.2) is 4.79 Å². The van der Waals surface area contributed by atoms with E-state index in [1.807, 2.05) is 19.9 Å². The second-order valence-electron chi connectivity index (χ2n) is 7.67. The molecule has 1 N–H and O–H groups in total. The van der Waals surface area contributed by atoms with Crippen LogP contribution in [-0.4, -0.2) is 26.6 Å². The van der Waals surface area contributed by atoms with Crippen LogP contribution < -0.4 is 11.2 Å². The number of carbonyl (C=O) groups is 2. The van der Waals surface area contributed by atoms with Crippen molar-refractivity contribution in [2.75, 3.05) is 0 Å². The van der Waals surface area contributed by atoms with Crippen molar-refractivity contribution in [1.29, 1.82) is 0 Å². The third-order valence-corrected chi connectivity index (χ3v) is 4.82. The molecule has 0 saturated heterocycles. The standard InChI is InChI=1S/C23H23N3O4/c1-13(2)19-20(21(28)17-8-14(3)7-15(4)9-17)26(23(30)25-22(19)29)11-16-5-6-24-18(10-16)12-27/h5-10,12-13H,11H2,1-4H3,(H,25,29,30). The molecule has 0 saturated carbocycles. The van der Waals surface area contributed by atoms with Crippen molar-refractivity contribution in [3.05, 3.63) is 96.6 Å². The number of hydrogen-bond acceptors (Lipinski definition) is 5. The number of hydrogen-bond donors (Lipinski definition) is 1. The summed E-state index contributed by atoms with van der Waals surface area (Å²) in [7, 11) is 0. The number of aryl methyl sites for hydroxylation is 2. The number of carbonyl (C=O) groups excluding carboxylic acids is 2. The Hall–Kier alpha value is -3.61. The molecule has 0 aliphatic rings. The lowest BCUT2D eigenvalue weighted by atomic mass is 9.95. The van der Waals surface area contributed by atoms with Crippen LogP contribution in [-0.2, 0) is 6.54 Å². The summed E-state index contributed by atoms with van der Waals surface area (Å²) in [6.45, 7) is 7.39. The smallest absolute Gasteiger partial charge is 0.296 e. The quantitative estimate of drug-likeness (QED) is 0.502. The molecule has 30 heavy (non-hydrogen) atoms. The summed E-state index contributed by atoms with van der Waals surface area (Å²) in [5.41, 5.74) is 2.14. The van der Waals surface area contributed by atoms with Gasteiger partial charge in [0.05, 0.1) is 6.54 Å². The molecule has 0 amide bonds. The summed E-state index contributed by atoms with van der Waals surface area (Å²) in [5, 5.41) is 0. The van der Waals surface area contributed by atoms with Gasteiger partial charge in [0.1, 0.15) is 11.4 Å². The highest BCUT2D eigenvalue weighted by Crippen LogP contribution is 2.20. The minimum absolute atomic E-state index is 0.0184. The molecule has 3 rings (SSSR count). The van der Waals surface area contributed by atoms with Crippen LogP contribution in [0, 0.1) is 13.8 Å². The lowest BCUT2D eigenvalue weighted by molar-refractivity contribution is 0.102. The molecular weight excluding hydrogens is 382 g/mol. The fourth-order valence-electron chi connectivity index (χ4n) is 3.60. The van der Waals surface area contributed by atoms with Crippen LogP contribution in [0.25, 0.3) is 0 Å². The molecule has 2 aromatic heterocycles. The Bertz CT molecular complexity index is 1230. The molecular formula is C23H23N3O4. The van der Waals surface area contributed by atoms with Crippen LogP contribution in [0.1, 0.15) is 68.6 Å². The van der Waals surface area contributed by atoms with Gasteiger partial charge in [0, 0.05) is 17.3 Å². The summed E-state index contributed by atoms with van der Waals surface area (Å²) < 4.78 is 1.26. The number of aromatic nitrogens is 3. The van der Waals surface area contributed by atoms with Crippen LogP contribution >= 0.6 is 0 Å². The van der Waals surface area contributed by atoms with Gasteiger partial charge in [-0.2, -0.15) is 0 Å². The number of rotatable bonds is 6. The summed E-state index contributed by atoms with van der Waals surface area (Å²) in [4.78, 5) is 56.2. The molecule has 0 aliphatic carbocycles. The predicted molar refractivity (Wildman–Crippen MR) is 113 cm³/mol. The van der Waals surface area contributed by atoms with Crippen molar-refractivity contribution >= 4 is 12.1 Å². The highest BCUT2D eigenvalue weighted by atomic mass is 16.2. The minimum Gasteiger partial charge on any atom is -0.296 e. The van der Waals surface area contributed by atoms with E-state index < -0.39 is 17.0 Å². The lowest BCUT2D eigenvalue weighted by Crippen LogP contribution is -2.38.